The summed E-state index contributed by atoms with van der Waals surface area (Å²) in [4.78, 5) is 35.2. The Kier molecular flexibility index (Phi) is 6.72. The molecule has 0 spiro atoms. The Morgan fingerprint density at radius 2 is 1.92 bits per heavy atom. The van der Waals surface area contributed by atoms with E-state index in [1.54, 1.807) is 0 Å². The van der Waals surface area contributed by atoms with Crippen LogP contribution in [0.25, 0.3) is 0 Å². The Labute approximate surface area is 147 Å². The van der Waals surface area contributed by atoms with E-state index < -0.39 is 30.3 Å². The number of halogens is 2. The van der Waals surface area contributed by atoms with Crippen molar-refractivity contribution in [2.24, 2.45) is 0 Å². The summed E-state index contributed by atoms with van der Waals surface area (Å²) in [5, 5.41) is 4.84. The summed E-state index contributed by atoms with van der Waals surface area (Å²) in [5.41, 5.74) is 0.0934. The maximum Gasteiger partial charge on any atom is 0.339 e. The van der Waals surface area contributed by atoms with E-state index in [1.807, 2.05) is 0 Å². The Bertz CT molecular complexity index is 633. The topological polar surface area (TPSA) is 84.5 Å². The number of nitrogens with one attached hydrogen (secondary N) is 2. The SMILES string of the molecule is O=C(COC(=O)c1ccc(F)cc1Br)NC(=O)NC1CCCCC1. The van der Waals surface area contributed by atoms with Crippen LogP contribution in [0.5, 0.6) is 0 Å². The number of esters is 1. The first kappa shape index (κ1) is 18.4. The maximum absolute atomic E-state index is 13.0. The second-order valence-electron chi connectivity index (χ2n) is 5.56. The molecule has 24 heavy (non-hydrogen) atoms. The summed E-state index contributed by atoms with van der Waals surface area (Å²) in [6.07, 6.45) is 5.07. The number of rotatable bonds is 4. The fourth-order valence-electron chi connectivity index (χ4n) is 2.49. The van der Waals surface area contributed by atoms with Crippen molar-refractivity contribution in [1.82, 2.24) is 10.6 Å². The van der Waals surface area contributed by atoms with Crippen LogP contribution in [0, 0.1) is 5.82 Å². The first-order valence-corrected chi connectivity index (χ1v) is 8.47. The Morgan fingerprint density at radius 1 is 1.21 bits per heavy atom. The molecule has 0 radical (unpaired) electrons. The van der Waals surface area contributed by atoms with E-state index in [4.69, 9.17) is 4.74 Å². The third-order valence-electron chi connectivity index (χ3n) is 3.68. The number of urea groups is 1. The van der Waals surface area contributed by atoms with Crippen LogP contribution in [0.2, 0.25) is 0 Å². The molecular formula is C16H18BrFN2O4. The molecule has 6 nitrogen and oxygen atoms in total. The highest BCUT2D eigenvalue weighted by Gasteiger charge is 2.18. The monoisotopic (exact) mass is 400 g/mol. The maximum atomic E-state index is 13.0. The molecule has 3 amide bonds. The summed E-state index contributed by atoms with van der Waals surface area (Å²) in [6.45, 7) is -0.596. The van der Waals surface area contributed by atoms with Gasteiger partial charge in [-0.15, -0.1) is 0 Å². The van der Waals surface area contributed by atoms with Gasteiger partial charge >= 0.3 is 12.0 Å². The van der Waals surface area contributed by atoms with Crippen LogP contribution in [0.1, 0.15) is 42.5 Å². The van der Waals surface area contributed by atoms with Gasteiger partial charge in [-0.3, -0.25) is 10.1 Å². The summed E-state index contributed by atoms with van der Waals surface area (Å²) in [5.74, 6) is -2.02. The van der Waals surface area contributed by atoms with Gasteiger partial charge in [0.2, 0.25) is 0 Å². The highest BCUT2D eigenvalue weighted by Crippen LogP contribution is 2.19. The van der Waals surface area contributed by atoms with E-state index >= 15 is 0 Å². The first-order chi connectivity index (χ1) is 11.5. The molecule has 130 valence electrons. The minimum absolute atomic E-state index is 0.0734. The Hall–Kier alpha value is -1.96. The van der Waals surface area contributed by atoms with Gasteiger partial charge in [-0.05, 0) is 47.0 Å². The van der Waals surface area contributed by atoms with Crippen molar-refractivity contribution in [3.8, 4) is 0 Å². The fourth-order valence-corrected chi connectivity index (χ4v) is 3.01. The number of imide groups is 1. The zero-order valence-electron chi connectivity index (χ0n) is 12.9. The molecule has 0 aliphatic heterocycles. The lowest BCUT2D eigenvalue weighted by atomic mass is 9.96. The lowest BCUT2D eigenvalue weighted by Gasteiger charge is -2.22. The molecule has 1 fully saturated rings. The number of benzene rings is 1. The molecule has 1 aliphatic rings. The van der Waals surface area contributed by atoms with Crippen molar-refractivity contribution in [2.45, 2.75) is 38.1 Å². The van der Waals surface area contributed by atoms with Crippen LogP contribution in [0.15, 0.2) is 22.7 Å². The van der Waals surface area contributed by atoms with Gasteiger partial charge in [0.25, 0.3) is 5.91 Å². The summed E-state index contributed by atoms with van der Waals surface area (Å²) in [6, 6.07) is 2.96. The highest BCUT2D eigenvalue weighted by molar-refractivity contribution is 9.10. The second kappa shape index (κ2) is 8.77. The van der Waals surface area contributed by atoms with Gasteiger partial charge in [-0.25, -0.2) is 14.0 Å². The molecule has 0 heterocycles. The van der Waals surface area contributed by atoms with Gasteiger partial charge in [-0.1, -0.05) is 19.3 Å². The van der Waals surface area contributed by atoms with E-state index in [2.05, 4.69) is 26.6 Å². The fraction of sp³-hybridized carbons (Fsp3) is 0.438. The van der Waals surface area contributed by atoms with E-state index in [0.29, 0.717) is 0 Å². The molecule has 1 aromatic rings. The van der Waals surface area contributed by atoms with Gasteiger partial charge in [-0.2, -0.15) is 0 Å². The average molecular weight is 401 g/mol. The second-order valence-corrected chi connectivity index (χ2v) is 6.41. The van der Waals surface area contributed by atoms with Crippen LogP contribution in [0.4, 0.5) is 9.18 Å². The first-order valence-electron chi connectivity index (χ1n) is 7.68. The van der Waals surface area contributed by atoms with Crippen molar-refractivity contribution in [3.63, 3.8) is 0 Å². The van der Waals surface area contributed by atoms with Crippen LogP contribution < -0.4 is 10.6 Å². The van der Waals surface area contributed by atoms with Crippen LogP contribution in [0.3, 0.4) is 0 Å². The molecule has 1 aromatic carbocycles. The van der Waals surface area contributed by atoms with Crippen molar-refractivity contribution < 1.29 is 23.5 Å². The van der Waals surface area contributed by atoms with Gasteiger partial charge in [0.15, 0.2) is 6.61 Å². The van der Waals surface area contributed by atoms with Crippen LogP contribution in [-0.4, -0.2) is 30.6 Å². The summed E-state index contributed by atoms with van der Waals surface area (Å²) in [7, 11) is 0. The molecule has 0 bridgehead atoms. The largest absolute Gasteiger partial charge is 0.452 e. The lowest BCUT2D eigenvalue weighted by molar-refractivity contribution is -0.123. The molecule has 0 atom stereocenters. The zero-order chi connectivity index (χ0) is 17.5. The van der Waals surface area contributed by atoms with Crippen molar-refractivity contribution in [2.75, 3.05) is 6.61 Å². The minimum atomic E-state index is -0.787. The molecule has 0 aromatic heterocycles. The molecule has 1 saturated carbocycles. The van der Waals surface area contributed by atoms with E-state index in [9.17, 15) is 18.8 Å². The molecule has 0 saturated heterocycles. The number of carbonyl (C=O) groups is 3. The molecule has 1 aliphatic carbocycles. The van der Waals surface area contributed by atoms with Crippen molar-refractivity contribution in [3.05, 3.63) is 34.1 Å². The summed E-state index contributed by atoms with van der Waals surface area (Å²) >= 11 is 3.04. The zero-order valence-corrected chi connectivity index (χ0v) is 14.5. The number of carbonyl (C=O) groups excluding carboxylic acids is 3. The predicted molar refractivity (Wildman–Crippen MR) is 87.9 cm³/mol. The minimum Gasteiger partial charge on any atom is -0.452 e. The Balaban J connectivity index is 1.75. The quantitative estimate of drug-likeness (QED) is 0.760. The van der Waals surface area contributed by atoms with Crippen molar-refractivity contribution >= 4 is 33.8 Å². The normalized spacial score (nSPS) is 14.8. The number of hydrogen-bond acceptors (Lipinski definition) is 4. The average Bonchev–Trinajstić information content (AvgIpc) is 2.53. The third-order valence-corrected chi connectivity index (χ3v) is 4.33. The molecule has 2 N–H and O–H groups in total. The summed E-state index contributed by atoms with van der Waals surface area (Å²) < 4.78 is 18.0. The standard InChI is InChI=1S/C16H18BrFN2O4/c17-13-8-10(18)6-7-12(13)15(22)24-9-14(21)20-16(23)19-11-4-2-1-3-5-11/h6-8,11H,1-5,9H2,(H2,19,20,21,23). The van der Waals surface area contributed by atoms with E-state index in [-0.39, 0.29) is 16.1 Å². The number of hydrogen-bond donors (Lipinski definition) is 2. The van der Waals surface area contributed by atoms with Gasteiger partial charge in [0.05, 0.1) is 5.56 Å². The highest BCUT2D eigenvalue weighted by atomic mass is 79.9. The van der Waals surface area contributed by atoms with Crippen LogP contribution >= 0.6 is 15.9 Å². The molecular weight excluding hydrogens is 383 g/mol. The molecule has 0 unspecified atom stereocenters. The van der Waals surface area contributed by atoms with Crippen molar-refractivity contribution in [1.29, 1.82) is 0 Å². The van der Waals surface area contributed by atoms with Gasteiger partial charge < -0.3 is 10.1 Å². The van der Waals surface area contributed by atoms with E-state index in [1.165, 1.54) is 6.07 Å². The van der Waals surface area contributed by atoms with Gasteiger partial charge in [0, 0.05) is 10.5 Å². The number of ether oxygens (including phenoxy) is 1. The lowest BCUT2D eigenvalue weighted by Crippen LogP contribution is -2.46. The predicted octanol–water partition coefficient (Wildman–Crippen LogP) is 2.90. The van der Waals surface area contributed by atoms with E-state index in [0.717, 1.165) is 44.2 Å². The van der Waals surface area contributed by atoms with Crippen LogP contribution in [-0.2, 0) is 9.53 Å². The number of amides is 3. The molecule has 2 rings (SSSR count). The molecule has 8 heteroatoms. The smallest absolute Gasteiger partial charge is 0.339 e. The Morgan fingerprint density at radius 3 is 2.58 bits per heavy atom. The third kappa shape index (κ3) is 5.59. The van der Waals surface area contributed by atoms with Gasteiger partial charge in [0.1, 0.15) is 5.82 Å².